The first-order chi connectivity index (χ1) is 9.81. The van der Waals surface area contributed by atoms with Crippen molar-refractivity contribution in [1.29, 1.82) is 0 Å². The molecule has 2 atom stereocenters. The molecule has 1 heterocycles. The van der Waals surface area contributed by atoms with E-state index in [9.17, 15) is 4.79 Å². The molecule has 2 N–H and O–H groups in total. The molecule has 2 aliphatic rings. The van der Waals surface area contributed by atoms with Crippen LogP contribution in [0, 0.1) is 5.92 Å². The molecule has 0 bridgehead atoms. The maximum absolute atomic E-state index is 12.2. The molecule has 2 aromatic rings. The molecular formula is C16H17N3O. The van der Waals surface area contributed by atoms with Crippen LogP contribution in [0.3, 0.4) is 0 Å². The Morgan fingerprint density at radius 1 is 1.25 bits per heavy atom. The minimum Gasteiger partial charge on any atom is -0.309 e. The number of hydrogen-bond donors (Lipinski definition) is 2. The van der Waals surface area contributed by atoms with E-state index >= 15 is 0 Å². The summed E-state index contributed by atoms with van der Waals surface area (Å²) in [7, 11) is 0. The lowest BCUT2D eigenvalue weighted by Gasteiger charge is -2.01. The molecule has 1 aromatic heterocycles. The molecule has 4 rings (SSSR count). The van der Waals surface area contributed by atoms with Crippen LogP contribution < -0.4 is 5.32 Å². The molecule has 102 valence electrons. The van der Waals surface area contributed by atoms with Gasteiger partial charge in [-0.1, -0.05) is 30.3 Å². The van der Waals surface area contributed by atoms with E-state index in [2.05, 4.69) is 27.6 Å². The highest BCUT2D eigenvalue weighted by molar-refractivity contribution is 5.94. The Balaban J connectivity index is 1.39. The van der Waals surface area contributed by atoms with Gasteiger partial charge in [0.05, 0.1) is 0 Å². The van der Waals surface area contributed by atoms with Crippen molar-refractivity contribution in [2.24, 2.45) is 5.92 Å². The average Bonchev–Trinajstić information content (AvgIpc) is 3.39. The molecule has 4 nitrogen and oxygen atoms in total. The van der Waals surface area contributed by atoms with Crippen LogP contribution >= 0.6 is 0 Å². The molecule has 2 fully saturated rings. The summed E-state index contributed by atoms with van der Waals surface area (Å²) in [5.74, 6) is 1.85. The van der Waals surface area contributed by atoms with Crippen molar-refractivity contribution < 1.29 is 4.79 Å². The number of aromatic amines is 1. The number of rotatable bonds is 4. The fourth-order valence-electron chi connectivity index (χ4n) is 2.78. The summed E-state index contributed by atoms with van der Waals surface area (Å²) in [6.45, 7) is 0. The van der Waals surface area contributed by atoms with Crippen molar-refractivity contribution in [2.75, 3.05) is 5.32 Å². The number of amides is 1. The van der Waals surface area contributed by atoms with Crippen LogP contribution in [0.4, 0.5) is 5.82 Å². The molecule has 0 spiro atoms. The molecule has 1 amide bonds. The standard InChI is InChI=1S/C16H17N3O/c20-16(13-8-12(13)10-4-2-1-3-5-10)17-15-9-14(18-19-15)11-6-7-11/h1-5,9,11-13H,6-8H2,(H2,17,18,19,20)/t12-,13-/m1/s1. The number of nitrogens with one attached hydrogen (secondary N) is 2. The molecule has 20 heavy (non-hydrogen) atoms. The summed E-state index contributed by atoms with van der Waals surface area (Å²) in [5.41, 5.74) is 2.41. The van der Waals surface area contributed by atoms with Gasteiger partial charge < -0.3 is 5.32 Å². The Kier molecular flexibility index (Phi) is 2.62. The van der Waals surface area contributed by atoms with Crippen LogP contribution in [-0.2, 0) is 4.79 Å². The fraction of sp³-hybridized carbons (Fsp3) is 0.375. The van der Waals surface area contributed by atoms with Gasteiger partial charge in [-0.15, -0.1) is 0 Å². The topological polar surface area (TPSA) is 57.8 Å². The predicted octanol–water partition coefficient (Wildman–Crippen LogP) is 3.03. The van der Waals surface area contributed by atoms with Crippen molar-refractivity contribution in [3.8, 4) is 0 Å². The summed E-state index contributed by atoms with van der Waals surface area (Å²) in [4.78, 5) is 12.2. The molecule has 0 saturated heterocycles. The van der Waals surface area contributed by atoms with E-state index in [4.69, 9.17) is 0 Å². The molecule has 2 saturated carbocycles. The number of hydrogen-bond acceptors (Lipinski definition) is 2. The van der Waals surface area contributed by atoms with E-state index in [1.165, 1.54) is 18.4 Å². The van der Waals surface area contributed by atoms with Gasteiger partial charge in [-0.2, -0.15) is 5.10 Å². The Bertz CT molecular complexity index is 630. The van der Waals surface area contributed by atoms with Gasteiger partial charge in [0.25, 0.3) is 0 Å². The Hall–Kier alpha value is -2.10. The Morgan fingerprint density at radius 3 is 2.80 bits per heavy atom. The summed E-state index contributed by atoms with van der Waals surface area (Å²) >= 11 is 0. The van der Waals surface area contributed by atoms with Crippen molar-refractivity contribution >= 4 is 11.7 Å². The second kappa shape index (κ2) is 4.47. The van der Waals surface area contributed by atoms with Crippen LogP contribution in [0.2, 0.25) is 0 Å². The zero-order valence-corrected chi connectivity index (χ0v) is 11.2. The summed E-state index contributed by atoms with van der Waals surface area (Å²) < 4.78 is 0. The number of carbonyl (C=O) groups excluding carboxylic acids is 1. The van der Waals surface area contributed by atoms with E-state index in [1.807, 2.05) is 24.3 Å². The SMILES string of the molecule is O=C(Nc1cc(C2CC2)[nH]n1)[C@@H]1C[C@@H]1c1ccccc1. The lowest BCUT2D eigenvalue weighted by Crippen LogP contribution is -2.14. The summed E-state index contributed by atoms with van der Waals surface area (Å²) in [5, 5.41) is 10.1. The minimum absolute atomic E-state index is 0.0905. The molecule has 0 unspecified atom stereocenters. The van der Waals surface area contributed by atoms with Crippen molar-refractivity contribution in [1.82, 2.24) is 10.2 Å². The van der Waals surface area contributed by atoms with E-state index in [0.29, 0.717) is 17.7 Å². The molecule has 2 aliphatic carbocycles. The lowest BCUT2D eigenvalue weighted by atomic mass is 10.1. The molecule has 1 aromatic carbocycles. The van der Waals surface area contributed by atoms with Crippen LogP contribution in [0.1, 0.15) is 42.4 Å². The largest absolute Gasteiger partial charge is 0.309 e. The number of carbonyl (C=O) groups is 1. The number of benzene rings is 1. The smallest absolute Gasteiger partial charge is 0.229 e. The van der Waals surface area contributed by atoms with Gasteiger partial charge in [-0.05, 0) is 30.7 Å². The lowest BCUT2D eigenvalue weighted by molar-refractivity contribution is -0.117. The van der Waals surface area contributed by atoms with Crippen LogP contribution in [0.25, 0.3) is 0 Å². The first-order valence-corrected chi connectivity index (χ1v) is 7.22. The Labute approximate surface area is 117 Å². The number of H-pyrrole nitrogens is 1. The quantitative estimate of drug-likeness (QED) is 0.894. The second-order valence-corrected chi connectivity index (χ2v) is 5.83. The predicted molar refractivity (Wildman–Crippen MR) is 76.5 cm³/mol. The number of anilines is 1. The molecule has 0 radical (unpaired) electrons. The van der Waals surface area contributed by atoms with Crippen molar-refractivity contribution in [3.63, 3.8) is 0 Å². The molecular weight excluding hydrogens is 250 g/mol. The second-order valence-electron chi connectivity index (χ2n) is 5.83. The highest BCUT2D eigenvalue weighted by Crippen LogP contribution is 2.48. The zero-order valence-electron chi connectivity index (χ0n) is 11.2. The average molecular weight is 267 g/mol. The molecule has 4 heteroatoms. The van der Waals surface area contributed by atoms with Gasteiger partial charge in [0.2, 0.25) is 5.91 Å². The van der Waals surface area contributed by atoms with Crippen molar-refractivity contribution in [3.05, 3.63) is 47.7 Å². The molecule has 0 aliphatic heterocycles. The van der Waals surface area contributed by atoms with Gasteiger partial charge in [0.15, 0.2) is 5.82 Å². The van der Waals surface area contributed by atoms with E-state index in [1.54, 1.807) is 0 Å². The Morgan fingerprint density at radius 2 is 2.05 bits per heavy atom. The minimum atomic E-state index is 0.0905. The van der Waals surface area contributed by atoms with Crippen LogP contribution in [0.5, 0.6) is 0 Å². The van der Waals surface area contributed by atoms with Crippen molar-refractivity contribution in [2.45, 2.75) is 31.1 Å². The van der Waals surface area contributed by atoms with E-state index in [-0.39, 0.29) is 11.8 Å². The third-order valence-corrected chi connectivity index (χ3v) is 4.22. The van der Waals surface area contributed by atoms with E-state index in [0.717, 1.165) is 12.1 Å². The van der Waals surface area contributed by atoms with Gasteiger partial charge in [0, 0.05) is 23.6 Å². The van der Waals surface area contributed by atoms with Gasteiger partial charge in [-0.3, -0.25) is 9.89 Å². The zero-order chi connectivity index (χ0) is 13.5. The third-order valence-electron chi connectivity index (χ3n) is 4.22. The summed E-state index contributed by atoms with van der Waals surface area (Å²) in [6.07, 6.45) is 3.40. The third kappa shape index (κ3) is 2.22. The van der Waals surface area contributed by atoms with Gasteiger partial charge in [0.1, 0.15) is 0 Å². The number of aromatic nitrogens is 2. The number of nitrogens with zero attached hydrogens (tertiary/aromatic N) is 1. The van der Waals surface area contributed by atoms with Crippen LogP contribution in [-0.4, -0.2) is 16.1 Å². The van der Waals surface area contributed by atoms with E-state index < -0.39 is 0 Å². The first-order valence-electron chi connectivity index (χ1n) is 7.22. The summed E-state index contributed by atoms with van der Waals surface area (Å²) in [6, 6.07) is 12.2. The maximum Gasteiger partial charge on any atom is 0.229 e. The van der Waals surface area contributed by atoms with Crippen LogP contribution in [0.15, 0.2) is 36.4 Å². The van der Waals surface area contributed by atoms with Gasteiger partial charge >= 0.3 is 0 Å². The maximum atomic E-state index is 12.2. The monoisotopic (exact) mass is 267 g/mol. The highest BCUT2D eigenvalue weighted by Gasteiger charge is 2.44. The highest BCUT2D eigenvalue weighted by atomic mass is 16.2. The normalized spacial score (nSPS) is 24.4. The van der Waals surface area contributed by atoms with Gasteiger partial charge in [-0.25, -0.2) is 0 Å². The fourth-order valence-corrected chi connectivity index (χ4v) is 2.78. The first kappa shape index (κ1) is 11.7.